The molecule has 1 aromatic heterocycles. The van der Waals surface area contributed by atoms with Gasteiger partial charge in [0.05, 0.1) is 16.8 Å². The highest BCUT2D eigenvalue weighted by molar-refractivity contribution is 7.92. The van der Waals surface area contributed by atoms with Crippen molar-refractivity contribution in [1.29, 1.82) is 0 Å². The van der Waals surface area contributed by atoms with Crippen molar-refractivity contribution in [2.75, 3.05) is 4.72 Å². The Kier molecular flexibility index (Phi) is 4.05. The number of anilines is 1. The van der Waals surface area contributed by atoms with Crippen LogP contribution in [0.2, 0.25) is 0 Å². The molecule has 0 saturated heterocycles. The van der Waals surface area contributed by atoms with Crippen molar-refractivity contribution in [2.24, 2.45) is 0 Å². The van der Waals surface area contributed by atoms with Crippen LogP contribution in [0.5, 0.6) is 0 Å². The van der Waals surface area contributed by atoms with E-state index in [1.807, 2.05) is 19.1 Å². The predicted molar refractivity (Wildman–Crippen MR) is 84.9 cm³/mol. The van der Waals surface area contributed by atoms with Gasteiger partial charge in [-0.3, -0.25) is 9.71 Å². The predicted octanol–water partition coefficient (Wildman–Crippen LogP) is 3.49. The number of nitrogens with zero attached hydrogens (tertiary/aromatic N) is 1. The molecule has 0 saturated carbocycles. The summed E-state index contributed by atoms with van der Waals surface area (Å²) in [5.74, 6) is 0. The van der Waals surface area contributed by atoms with Crippen LogP contribution in [0, 0.1) is 6.92 Å². The largest absolute Gasteiger partial charge is 0.278 e. The Labute approximate surface area is 126 Å². The molecule has 0 aliphatic carbocycles. The highest BCUT2D eigenvalue weighted by Gasteiger charge is 2.17. The van der Waals surface area contributed by atoms with Gasteiger partial charge in [0.1, 0.15) is 0 Å². The number of hydrogen-bond acceptors (Lipinski definition) is 3. The zero-order valence-corrected chi connectivity index (χ0v) is 13.5. The molecule has 112 valence electrons. The third kappa shape index (κ3) is 3.82. The summed E-state index contributed by atoms with van der Waals surface area (Å²) in [6, 6.07) is 8.63. The molecule has 0 bridgehead atoms. The third-order valence-electron chi connectivity index (χ3n) is 3.16. The summed E-state index contributed by atoms with van der Waals surface area (Å²) >= 11 is 0. The molecule has 0 atom stereocenters. The maximum absolute atomic E-state index is 12.4. The molecule has 0 aliphatic heterocycles. The fourth-order valence-electron chi connectivity index (χ4n) is 1.90. The molecule has 1 N–H and O–H groups in total. The van der Waals surface area contributed by atoms with Crippen LogP contribution in [0.25, 0.3) is 0 Å². The van der Waals surface area contributed by atoms with Gasteiger partial charge in [-0.15, -0.1) is 0 Å². The molecular weight excluding hydrogens is 284 g/mol. The minimum Gasteiger partial charge on any atom is -0.278 e. The normalized spacial score (nSPS) is 12.2. The lowest BCUT2D eigenvalue weighted by Gasteiger charge is -2.19. The van der Waals surface area contributed by atoms with E-state index in [0.717, 1.165) is 11.1 Å². The van der Waals surface area contributed by atoms with E-state index in [0.29, 0.717) is 5.69 Å². The summed E-state index contributed by atoms with van der Waals surface area (Å²) in [5, 5.41) is 0. The number of nitrogens with one attached hydrogen (secondary N) is 1. The van der Waals surface area contributed by atoms with Gasteiger partial charge in [0.2, 0.25) is 0 Å². The van der Waals surface area contributed by atoms with Crippen molar-refractivity contribution < 1.29 is 8.42 Å². The van der Waals surface area contributed by atoms with Crippen LogP contribution in [0.4, 0.5) is 5.69 Å². The molecule has 2 rings (SSSR count). The number of sulfonamides is 1. The smallest absolute Gasteiger partial charge is 0.261 e. The fraction of sp³-hybridized carbons (Fsp3) is 0.312. The average molecular weight is 304 g/mol. The molecular formula is C16H20N2O2S. The molecule has 0 spiro atoms. The van der Waals surface area contributed by atoms with Gasteiger partial charge in [0.15, 0.2) is 0 Å². The highest BCUT2D eigenvalue weighted by atomic mass is 32.2. The number of rotatable bonds is 3. The summed E-state index contributed by atoms with van der Waals surface area (Å²) in [6.45, 7) is 8.04. The second-order valence-electron chi connectivity index (χ2n) is 6.13. The maximum Gasteiger partial charge on any atom is 0.261 e. The molecule has 0 aliphatic rings. The topological polar surface area (TPSA) is 59.1 Å². The van der Waals surface area contributed by atoms with Gasteiger partial charge in [-0.1, -0.05) is 32.9 Å². The van der Waals surface area contributed by atoms with Crippen LogP contribution in [0.3, 0.4) is 0 Å². The molecule has 2 aromatic rings. The van der Waals surface area contributed by atoms with E-state index in [4.69, 9.17) is 0 Å². The first-order chi connectivity index (χ1) is 9.68. The van der Waals surface area contributed by atoms with E-state index in [9.17, 15) is 8.42 Å². The standard InChI is InChI=1S/C16H20N2O2S/c1-12-6-5-7-15(8-12)21(19,20)18-14-9-13(10-17-11-14)16(2,3)4/h5-11,18H,1-4H3. The van der Waals surface area contributed by atoms with Crippen molar-refractivity contribution >= 4 is 15.7 Å². The van der Waals surface area contributed by atoms with Gasteiger partial charge in [-0.05, 0) is 41.7 Å². The van der Waals surface area contributed by atoms with E-state index in [1.165, 1.54) is 6.20 Å². The second kappa shape index (κ2) is 5.48. The van der Waals surface area contributed by atoms with Gasteiger partial charge in [0, 0.05) is 6.20 Å². The molecule has 0 unspecified atom stereocenters. The molecule has 1 aromatic carbocycles. The van der Waals surface area contributed by atoms with Crippen LogP contribution >= 0.6 is 0 Å². The number of aryl methyl sites for hydroxylation is 1. The first-order valence-electron chi connectivity index (χ1n) is 6.73. The zero-order valence-electron chi connectivity index (χ0n) is 12.7. The lowest BCUT2D eigenvalue weighted by Crippen LogP contribution is -2.15. The number of aromatic nitrogens is 1. The monoisotopic (exact) mass is 304 g/mol. The van der Waals surface area contributed by atoms with Crippen LogP contribution in [0.1, 0.15) is 31.9 Å². The first kappa shape index (κ1) is 15.5. The van der Waals surface area contributed by atoms with Gasteiger partial charge >= 0.3 is 0 Å². The lowest BCUT2D eigenvalue weighted by molar-refractivity contribution is 0.587. The minimum atomic E-state index is -3.59. The van der Waals surface area contributed by atoms with Crippen molar-refractivity contribution in [3.05, 3.63) is 53.9 Å². The highest BCUT2D eigenvalue weighted by Crippen LogP contribution is 2.24. The van der Waals surface area contributed by atoms with Crippen molar-refractivity contribution in [2.45, 2.75) is 38.0 Å². The van der Waals surface area contributed by atoms with E-state index >= 15 is 0 Å². The molecule has 1 heterocycles. The Morgan fingerprint density at radius 3 is 2.43 bits per heavy atom. The molecule has 4 nitrogen and oxygen atoms in total. The number of benzene rings is 1. The van der Waals surface area contributed by atoms with E-state index in [1.54, 1.807) is 24.4 Å². The summed E-state index contributed by atoms with van der Waals surface area (Å²) in [7, 11) is -3.59. The maximum atomic E-state index is 12.4. The third-order valence-corrected chi connectivity index (χ3v) is 4.54. The van der Waals surface area contributed by atoms with Crippen LogP contribution in [-0.2, 0) is 15.4 Å². The molecule has 0 radical (unpaired) electrons. The van der Waals surface area contributed by atoms with Crippen LogP contribution in [0.15, 0.2) is 47.6 Å². The Morgan fingerprint density at radius 1 is 1.10 bits per heavy atom. The Morgan fingerprint density at radius 2 is 1.81 bits per heavy atom. The average Bonchev–Trinajstić information content (AvgIpc) is 2.37. The van der Waals surface area contributed by atoms with Crippen LogP contribution in [-0.4, -0.2) is 13.4 Å². The summed E-state index contributed by atoms with van der Waals surface area (Å²) in [5.41, 5.74) is 2.27. The molecule has 0 amide bonds. The second-order valence-corrected chi connectivity index (χ2v) is 7.82. The van der Waals surface area contributed by atoms with Crippen LogP contribution < -0.4 is 4.72 Å². The Bertz CT molecular complexity index is 747. The van der Waals surface area contributed by atoms with Gasteiger partial charge in [0.25, 0.3) is 10.0 Å². The fourth-order valence-corrected chi connectivity index (χ4v) is 3.04. The van der Waals surface area contributed by atoms with Crippen molar-refractivity contribution in [1.82, 2.24) is 4.98 Å². The number of pyridine rings is 1. The zero-order chi connectivity index (χ0) is 15.7. The lowest BCUT2D eigenvalue weighted by atomic mass is 9.88. The summed E-state index contributed by atoms with van der Waals surface area (Å²) in [6.07, 6.45) is 3.27. The van der Waals surface area contributed by atoms with E-state index in [-0.39, 0.29) is 10.3 Å². The quantitative estimate of drug-likeness (QED) is 0.944. The van der Waals surface area contributed by atoms with E-state index in [2.05, 4.69) is 30.5 Å². The van der Waals surface area contributed by atoms with Gasteiger partial charge in [-0.2, -0.15) is 0 Å². The van der Waals surface area contributed by atoms with Gasteiger partial charge < -0.3 is 0 Å². The SMILES string of the molecule is Cc1cccc(S(=O)(=O)Nc2cncc(C(C)(C)C)c2)c1. The Hall–Kier alpha value is -1.88. The summed E-state index contributed by atoms with van der Waals surface area (Å²) in [4.78, 5) is 4.37. The molecule has 0 fully saturated rings. The van der Waals surface area contributed by atoms with Crippen molar-refractivity contribution in [3.63, 3.8) is 0 Å². The van der Waals surface area contributed by atoms with Crippen molar-refractivity contribution in [3.8, 4) is 0 Å². The summed E-state index contributed by atoms with van der Waals surface area (Å²) < 4.78 is 27.3. The number of hydrogen-bond donors (Lipinski definition) is 1. The minimum absolute atomic E-state index is 0.0855. The first-order valence-corrected chi connectivity index (χ1v) is 8.22. The molecule has 21 heavy (non-hydrogen) atoms. The van der Waals surface area contributed by atoms with E-state index < -0.39 is 10.0 Å². The van der Waals surface area contributed by atoms with Gasteiger partial charge in [-0.25, -0.2) is 8.42 Å². The molecule has 5 heteroatoms. The Balaban J connectivity index is 2.33.